The summed E-state index contributed by atoms with van der Waals surface area (Å²) in [6.07, 6.45) is 1.72. The van der Waals surface area contributed by atoms with E-state index < -0.39 is 0 Å². The van der Waals surface area contributed by atoms with Crippen LogP contribution >= 0.6 is 0 Å². The summed E-state index contributed by atoms with van der Waals surface area (Å²) < 4.78 is 11.3. The van der Waals surface area contributed by atoms with Crippen LogP contribution in [0.4, 0.5) is 11.4 Å². The van der Waals surface area contributed by atoms with Crippen LogP contribution in [0.15, 0.2) is 61.2 Å². The molecular formula is C20H24N2O3. The molecule has 2 N–H and O–H groups in total. The summed E-state index contributed by atoms with van der Waals surface area (Å²) in [5, 5.41) is 5.96. The van der Waals surface area contributed by atoms with E-state index in [1.54, 1.807) is 18.2 Å². The SMILES string of the molecule is C=CCOc1ccccc1NC(=O)CNc1ccccc1OC(C)C. The Morgan fingerprint density at radius 1 is 1.08 bits per heavy atom. The van der Waals surface area contributed by atoms with Gasteiger partial charge >= 0.3 is 0 Å². The van der Waals surface area contributed by atoms with Crippen LogP contribution in [0.1, 0.15) is 13.8 Å². The highest BCUT2D eigenvalue weighted by Gasteiger charge is 2.09. The van der Waals surface area contributed by atoms with Gasteiger partial charge in [-0.15, -0.1) is 0 Å². The Labute approximate surface area is 148 Å². The zero-order valence-corrected chi connectivity index (χ0v) is 14.6. The van der Waals surface area contributed by atoms with Gasteiger partial charge in [0.1, 0.15) is 18.1 Å². The summed E-state index contributed by atoms with van der Waals surface area (Å²) in [4.78, 5) is 12.3. The predicted molar refractivity (Wildman–Crippen MR) is 101 cm³/mol. The van der Waals surface area contributed by atoms with Crippen LogP contribution in [0.5, 0.6) is 11.5 Å². The van der Waals surface area contributed by atoms with E-state index in [0.717, 1.165) is 11.4 Å². The Kier molecular flexibility index (Phi) is 6.89. The molecule has 0 aliphatic heterocycles. The Bertz CT molecular complexity index is 714. The van der Waals surface area contributed by atoms with Crippen molar-refractivity contribution in [2.45, 2.75) is 20.0 Å². The molecule has 0 spiro atoms. The summed E-state index contributed by atoms with van der Waals surface area (Å²) in [6.45, 7) is 8.05. The normalized spacial score (nSPS) is 10.2. The van der Waals surface area contributed by atoms with Crippen LogP contribution in [0.3, 0.4) is 0 Å². The average molecular weight is 340 g/mol. The zero-order valence-electron chi connectivity index (χ0n) is 14.6. The smallest absolute Gasteiger partial charge is 0.243 e. The van der Waals surface area contributed by atoms with Gasteiger partial charge < -0.3 is 20.1 Å². The fourth-order valence-corrected chi connectivity index (χ4v) is 2.18. The van der Waals surface area contributed by atoms with E-state index in [1.165, 1.54) is 0 Å². The molecule has 0 bridgehead atoms. The molecule has 0 saturated carbocycles. The second kappa shape index (κ2) is 9.37. The lowest BCUT2D eigenvalue weighted by atomic mass is 10.2. The van der Waals surface area contributed by atoms with Crippen molar-refractivity contribution in [3.8, 4) is 11.5 Å². The minimum absolute atomic E-state index is 0.0608. The first-order chi connectivity index (χ1) is 12.1. The number of nitrogens with one attached hydrogen (secondary N) is 2. The Morgan fingerprint density at radius 3 is 2.40 bits per heavy atom. The number of ether oxygens (including phenoxy) is 2. The summed E-state index contributed by atoms with van der Waals surface area (Å²) in [5.74, 6) is 1.16. The highest BCUT2D eigenvalue weighted by molar-refractivity contribution is 5.95. The Hall–Kier alpha value is -2.95. The van der Waals surface area contributed by atoms with Crippen LogP contribution in [-0.4, -0.2) is 25.2 Å². The number of anilines is 2. The van der Waals surface area contributed by atoms with Crippen molar-refractivity contribution in [1.29, 1.82) is 0 Å². The third-order valence-corrected chi connectivity index (χ3v) is 3.21. The molecule has 0 aliphatic carbocycles. The summed E-state index contributed by atoms with van der Waals surface area (Å²) in [5.41, 5.74) is 1.41. The molecular weight excluding hydrogens is 316 g/mol. The van der Waals surface area contributed by atoms with E-state index >= 15 is 0 Å². The number of hydrogen-bond acceptors (Lipinski definition) is 4. The molecule has 2 rings (SSSR count). The van der Waals surface area contributed by atoms with Crippen LogP contribution in [0, 0.1) is 0 Å². The summed E-state index contributed by atoms with van der Waals surface area (Å²) in [6, 6.07) is 14.8. The molecule has 0 radical (unpaired) electrons. The van der Waals surface area contributed by atoms with Gasteiger partial charge in [0.25, 0.3) is 0 Å². The molecule has 25 heavy (non-hydrogen) atoms. The number of rotatable bonds is 9. The summed E-state index contributed by atoms with van der Waals surface area (Å²) >= 11 is 0. The highest BCUT2D eigenvalue weighted by atomic mass is 16.5. The van der Waals surface area contributed by atoms with Crippen molar-refractivity contribution >= 4 is 17.3 Å². The number of amides is 1. The molecule has 0 fully saturated rings. The number of carbonyl (C=O) groups excluding carboxylic acids is 1. The maximum atomic E-state index is 12.3. The lowest BCUT2D eigenvalue weighted by molar-refractivity contribution is -0.114. The minimum Gasteiger partial charge on any atom is -0.489 e. The zero-order chi connectivity index (χ0) is 18.1. The molecule has 132 valence electrons. The largest absolute Gasteiger partial charge is 0.489 e. The van der Waals surface area contributed by atoms with Crippen molar-refractivity contribution in [2.75, 3.05) is 23.8 Å². The van der Waals surface area contributed by atoms with E-state index in [-0.39, 0.29) is 18.6 Å². The van der Waals surface area contributed by atoms with Crippen molar-refractivity contribution in [1.82, 2.24) is 0 Å². The van der Waals surface area contributed by atoms with E-state index in [1.807, 2.05) is 50.2 Å². The molecule has 0 aromatic heterocycles. The van der Waals surface area contributed by atoms with Crippen LogP contribution in [0.25, 0.3) is 0 Å². The van der Waals surface area contributed by atoms with E-state index in [4.69, 9.17) is 9.47 Å². The van der Waals surface area contributed by atoms with Crippen molar-refractivity contribution in [2.24, 2.45) is 0 Å². The van der Waals surface area contributed by atoms with E-state index in [0.29, 0.717) is 18.0 Å². The quantitative estimate of drug-likeness (QED) is 0.675. The topological polar surface area (TPSA) is 59.6 Å². The van der Waals surface area contributed by atoms with Gasteiger partial charge in [-0.2, -0.15) is 0 Å². The maximum absolute atomic E-state index is 12.3. The Balaban J connectivity index is 1.97. The lowest BCUT2D eigenvalue weighted by Crippen LogP contribution is -2.22. The number of benzene rings is 2. The van der Waals surface area contributed by atoms with Crippen LogP contribution in [0.2, 0.25) is 0 Å². The molecule has 5 heteroatoms. The first kappa shape index (κ1) is 18.4. The van der Waals surface area contributed by atoms with E-state index in [9.17, 15) is 4.79 Å². The molecule has 0 aliphatic rings. The van der Waals surface area contributed by atoms with Gasteiger partial charge in [-0.25, -0.2) is 0 Å². The third-order valence-electron chi connectivity index (χ3n) is 3.21. The third kappa shape index (κ3) is 5.88. The number of carbonyl (C=O) groups is 1. The van der Waals surface area contributed by atoms with Gasteiger partial charge in [0, 0.05) is 0 Å². The second-order valence-electron chi connectivity index (χ2n) is 5.66. The average Bonchev–Trinajstić information content (AvgIpc) is 2.60. The van der Waals surface area contributed by atoms with Crippen molar-refractivity contribution in [3.63, 3.8) is 0 Å². The first-order valence-electron chi connectivity index (χ1n) is 8.22. The van der Waals surface area contributed by atoms with E-state index in [2.05, 4.69) is 17.2 Å². The maximum Gasteiger partial charge on any atom is 0.243 e. The number of para-hydroxylation sites is 4. The molecule has 0 heterocycles. The fraction of sp³-hybridized carbons (Fsp3) is 0.250. The van der Waals surface area contributed by atoms with Crippen LogP contribution in [-0.2, 0) is 4.79 Å². The second-order valence-corrected chi connectivity index (χ2v) is 5.66. The molecule has 1 amide bonds. The van der Waals surface area contributed by atoms with Gasteiger partial charge in [0.05, 0.1) is 24.0 Å². The Morgan fingerprint density at radius 2 is 1.72 bits per heavy atom. The monoisotopic (exact) mass is 340 g/mol. The van der Waals surface area contributed by atoms with Crippen LogP contribution < -0.4 is 20.1 Å². The number of hydrogen-bond donors (Lipinski definition) is 2. The van der Waals surface area contributed by atoms with Gasteiger partial charge in [0.2, 0.25) is 5.91 Å². The van der Waals surface area contributed by atoms with Gasteiger partial charge in [0.15, 0.2) is 0 Å². The highest BCUT2D eigenvalue weighted by Crippen LogP contribution is 2.25. The minimum atomic E-state index is -0.172. The van der Waals surface area contributed by atoms with Gasteiger partial charge in [-0.3, -0.25) is 4.79 Å². The van der Waals surface area contributed by atoms with Gasteiger partial charge in [-0.05, 0) is 38.1 Å². The molecule has 2 aromatic carbocycles. The van der Waals surface area contributed by atoms with Gasteiger partial charge in [-0.1, -0.05) is 36.9 Å². The fourth-order valence-electron chi connectivity index (χ4n) is 2.18. The van der Waals surface area contributed by atoms with Crippen molar-refractivity contribution in [3.05, 3.63) is 61.2 Å². The predicted octanol–water partition coefficient (Wildman–Crippen LogP) is 4.09. The molecule has 0 atom stereocenters. The molecule has 5 nitrogen and oxygen atoms in total. The standard InChI is InChI=1S/C20H24N2O3/c1-4-13-24-18-11-7-6-10-17(18)22-20(23)14-21-16-9-5-8-12-19(16)25-15(2)3/h4-12,15,21H,1,13-14H2,2-3H3,(H,22,23). The summed E-state index contributed by atoms with van der Waals surface area (Å²) in [7, 11) is 0. The van der Waals surface area contributed by atoms with Crippen molar-refractivity contribution < 1.29 is 14.3 Å². The first-order valence-corrected chi connectivity index (χ1v) is 8.22. The molecule has 0 unspecified atom stereocenters. The molecule has 2 aromatic rings. The molecule has 0 saturated heterocycles. The lowest BCUT2D eigenvalue weighted by Gasteiger charge is -2.16.